The van der Waals surface area contributed by atoms with Crippen LogP contribution >= 0.6 is 34.2 Å². The second kappa shape index (κ2) is 7.18. The number of nitrogens with one attached hydrogen (secondary N) is 2. The molecule has 5 heteroatoms. The fourth-order valence-electron chi connectivity index (χ4n) is 1.41. The molecule has 1 aromatic carbocycles. The molecule has 0 aromatic heterocycles. The number of hydrogen-bond donors (Lipinski definition) is 2. The van der Waals surface area contributed by atoms with Gasteiger partial charge in [-0.25, -0.2) is 0 Å². The maximum atomic E-state index is 11.8. The van der Waals surface area contributed by atoms with E-state index in [9.17, 15) is 4.79 Å². The van der Waals surface area contributed by atoms with Gasteiger partial charge in [-0.15, -0.1) is 0 Å². The molecule has 0 unspecified atom stereocenters. The number of carbonyl (C=O) groups excluding carboxylic acids is 1. The van der Waals surface area contributed by atoms with Crippen LogP contribution in [0.15, 0.2) is 18.2 Å². The second-order valence-corrected chi connectivity index (χ2v) is 5.37. The van der Waals surface area contributed by atoms with Crippen LogP contribution in [-0.2, 0) is 0 Å². The van der Waals surface area contributed by atoms with E-state index >= 15 is 0 Å². The Balaban J connectivity index is 2.55. The summed E-state index contributed by atoms with van der Waals surface area (Å²) < 4.78 is 0.946. The van der Waals surface area contributed by atoms with Crippen molar-refractivity contribution in [3.05, 3.63) is 32.4 Å². The van der Waals surface area contributed by atoms with E-state index in [2.05, 4.69) is 33.2 Å². The van der Waals surface area contributed by atoms with Gasteiger partial charge in [0.25, 0.3) is 5.91 Å². The van der Waals surface area contributed by atoms with E-state index in [4.69, 9.17) is 11.6 Å². The highest BCUT2D eigenvalue weighted by molar-refractivity contribution is 14.1. The summed E-state index contributed by atoms with van der Waals surface area (Å²) in [5.74, 6) is -0.0898. The number of hydrogen-bond acceptors (Lipinski definition) is 2. The van der Waals surface area contributed by atoms with Crippen LogP contribution in [0.1, 0.15) is 24.2 Å². The van der Waals surface area contributed by atoms with Crippen molar-refractivity contribution in [1.29, 1.82) is 0 Å². The highest BCUT2D eigenvalue weighted by Crippen LogP contribution is 2.19. The third-order valence-electron chi connectivity index (χ3n) is 2.30. The molecule has 0 heterocycles. The van der Waals surface area contributed by atoms with Gasteiger partial charge in [-0.3, -0.25) is 4.79 Å². The van der Waals surface area contributed by atoms with Crippen LogP contribution in [0.3, 0.4) is 0 Å². The molecule has 17 heavy (non-hydrogen) atoms. The van der Waals surface area contributed by atoms with Crippen LogP contribution in [0, 0.1) is 3.57 Å². The Hall–Kier alpha value is -0.330. The minimum Gasteiger partial charge on any atom is -0.350 e. The molecule has 1 amide bonds. The number of likely N-dealkylation sites (N-methyl/N-ethyl adjacent to an activating group) is 1. The first-order chi connectivity index (χ1) is 8.04. The first-order valence-corrected chi connectivity index (χ1v) is 6.97. The van der Waals surface area contributed by atoms with Crippen molar-refractivity contribution >= 4 is 40.1 Å². The Morgan fingerprint density at radius 1 is 1.53 bits per heavy atom. The molecule has 0 aliphatic carbocycles. The maximum Gasteiger partial charge on any atom is 0.251 e. The van der Waals surface area contributed by atoms with Crippen molar-refractivity contribution in [2.75, 3.05) is 13.1 Å². The summed E-state index contributed by atoms with van der Waals surface area (Å²) in [4.78, 5) is 11.8. The van der Waals surface area contributed by atoms with Gasteiger partial charge < -0.3 is 10.6 Å². The summed E-state index contributed by atoms with van der Waals surface area (Å²) in [5, 5.41) is 6.71. The number of carbonyl (C=O) groups is 1. The van der Waals surface area contributed by atoms with Crippen molar-refractivity contribution in [3.8, 4) is 0 Å². The summed E-state index contributed by atoms with van der Waals surface area (Å²) in [5.41, 5.74) is 0.596. The highest BCUT2D eigenvalue weighted by atomic mass is 127. The molecule has 0 bridgehead atoms. The number of benzene rings is 1. The molecule has 0 fully saturated rings. The van der Waals surface area contributed by atoms with Gasteiger partial charge in [0.1, 0.15) is 0 Å². The van der Waals surface area contributed by atoms with E-state index in [1.54, 1.807) is 12.1 Å². The predicted molar refractivity (Wildman–Crippen MR) is 79.6 cm³/mol. The van der Waals surface area contributed by atoms with Gasteiger partial charge in [0.05, 0.1) is 5.02 Å². The quantitative estimate of drug-likeness (QED) is 0.787. The normalized spacial score (nSPS) is 12.2. The van der Waals surface area contributed by atoms with Gasteiger partial charge in [-0.1, -0.05) is 18.5 Å². The molecule has 0 radical (unpaired) electrons. The molecule has 0 spiro atoms. The molecular weight excluding hydrogens is 351 g/mol. The fourth-order valence-corrected chi connectivity index (χ4v) is 1.92. The molecule has 1 aromatic rings. The number of rotatable bonds is 5. The first-order valence-electron chi connectivity index (χ1n) is 5.51. The molecule has 1 atom stereocenters. The topological polar surface area (TPSA) is 41.1 Å². The van der Waals surface area contributed by atoms with Gasteiger partial charge in [0.15, 0.2) is 0 Å². The molecule has 2 N–H and O–H groups in total. The van der Waals surface area contributed by atoms with Crippen LogP contribution in [0.2, 0.25) is 5.02 Å². The van der Waals surface area contributed by atoms with Crippen LogP contribution in [0.4, 0.5) is 0 Å². The summed E-state index contributed by atoms with van der Waals surface area (Å²) in [7, 11) is 0. The molecule has 0 aliphatic rings. The average Bonchev–Trinajstić information content (AvgIpc) is 2.30. The van der Waals surface area contributed by atoms with Crippen molar-refractivity contribution in [1.82, 2.24) is 10.6 Å². The third kappa shape index (κ3) is 4.81. The molecular formula is C12H16ClIN2O. The Bertz CT molecular complexity index is 398. The lowest BCUT2D eigenvalue weighted by Crippen LogP contribution is -2.38. The average molecular weight is 367 g/mol. The minimum absolute atomic E-state index is 0.0898. The number of halogens is 2. The molecule has 3 nitrogen and oxygen atoms in total. The molecule has 0 saturated heterocycles. The van der Waals surface area contributed by atoms with Crippen LogP contribution in [-0.4, -0.2) is 25.0 Å². The second-order valence-electron chi connectivity index (χ2n) is 3.80. The summed E-state index contributed by atoms with van der Waals surface area (Å²) in [6, 6.07) is 5.58. The Labute approximate surface area is 120 Å². The monoisotopic (exact) mass is 366 g/mol. The maximum absolute atomic E-state index is 11.8. The standard InChI is InChI=1S/C12H16ClIN2O/c1-3-15-8(2)7-16-12(17)9-4-5-11(14)10(13)6-9/h4-6,8,15H,3,7H2,1-2H3,(H,16,17)/t8-/m1/s1. The van der Waals surface area contributed by atoms with E-state index < -0.39 is 0 Å². The van der Waals surface area contributed by atoms with Gasteiger partial charge in [-0.05, 0) is 54.3 Å². The summed E-state index contributed by atoms with van der Waals surface area (Å²) in [6.07, 6.45) is 0. The van der Waals surface area contributed by atoms with Crippen LogP contribution in [0.5, 0.6) is 0 Å². The number of amides is 1. The van der Waals surface area contributed by atoms with E-state index in [1.165, 1.54) is 0 Å². The summed E-state index contributed by atoms with van der Waals surface area (Å²) >= 11 is 8.10. The van der Waals surface area contributed by atoms with Crippen LogP contribution in [0.25, 0.3) is 0 Å². The Kier molecular flexibility index (Phi) is 6.22. The molecule has 0 saturated carbocycles. The summed E-state index contributed by atoms with van der Waals surface area (Å²) in [6.45, 7) is 5.57. The van der Waals surface area contributed by atoms with Crippen LogP contribution < -0.4 is 10.6 Å². The van der Waals surface area contributed by atoms with Gasteiger partial charge in [-0.2, -0.15) is 0 Å². The van der Waals surface area contributed by atoms with Crippen molar-refractivity contribution in [2.24, 2.45) is 0 Å². The van der Waals surface area contributed by atoms with Gasteiger partial charge in [0, 0.05) is 21.7 Å². The van der Waals surface area contributed by atoms with E-state index in [0.717, 1.165) is 10.1 Å². The minimum atomic E-state index is -0.0898. The zero-order valence-corrected chi connectivity index (χ0v) is 12.8. The Morgan fingerprint density at radius 2 is 2.24 bits per heavy atom. The SMILES string of the molecule is CCN[C@H](C)CNC(=O)c1ccc(I)c(Cl)c1. The lowest BCUT2D eigenvalue weighted by Gasteiger charge is -2.13. The molecule has 1 rings (SSSR count). The van der Waals surface area contributed by atoms with Crippen molar-refractivity contribution in [3.63, 3.8) is 0 Å². The van der Waals surface area contributed by atoms with E-state index in [-0.39, 0.29) is 11.9 Å². The Morgan fingerprint density at radius 3 is 2.82 bits per heavy atom. The zero-order chi connectivity index (χ0) is 12.8. The molecule has 0 aliphatic heterocycles. The van der Waals surface area contributed by atoms with Gasteiger partial charge in [0.2, 0.25) is 0 Å². The lowest BCUT2D eigenvalue weighted by molar-refractivity contribution is 0.0950. The van der Waals surface area contributed by atoms with Gasteiger partial charge >= 0.3 is 0 Å². The fraction of sp³-hybridized carbons (Fsp3) is 0.417. The largest absolute Gasteiger partial charge is 0.350 e. The predicted octanol–water partition coefficient (Wildman–Crippen LogP) is 2.67. The highest BCUT2D eigenvalue weighted by Gasteiger charge is 2.08. The van der Waals surface area contributed by atoms with Crippen molar-refractivity contribution in [2.45, 2.75) is 19.9 Å². The molecule has 94 valence electrons. The van der Waals surface area contributed by atoms with E-state index in [0.29, 0.717) is 17.1 Å². The lowest BCUT2D eigenvalue weighted by atomic mass is 10.2. The van der Waals surface area contributed by atoms with Crippen molar-refractivity contribution < 1.29 is 4.79 Å². The third-order valence-corrected chi connectivity index (χ3v) is 3.88. The first kappa shape index (κ1) is 14.7. The van der Waals surface area contributed by atoms with E-state index in [1.807, 2.05) is 19.9 Å². The smallest absolute Gasteiger partial charge is 0.251 e. The zero-order valence-electron chi connectivity index (χ0n) is 9.89.